The van der Waals surface area contributed by atoms with Gasteiger partial charge >= 0.3 is 0 Å². The third-order valence-electron chi connectivity index (χ3n) is 2.62. The van der Waals surface area contributed by atoms with E-state index in [1.54, 1.807) is 4.90 Å². The van der Waals surface area contributed by atoms with Crippen LogP contribution in [0.2, 0.25) is 0 Å². The number of carbonyl (C=O) groups is 1. The quantitative estimate of drug-likeness (QED) is 0.741. The first kappa shape index (κ1) is 9.21. The zero-order valence-electron chi connectivity index (χ0n) is 8.23. The summed E-state index contributed by atoms with van der Waals surface area (Å²) in [6.07, 6.45) is 1.04. The maximum atomic E-state index is 11.2. The van der Waals surface area contributed by atoms with Crippen LogP contribution in [0.3, 0.4) is 0 Å². The molecule has 3 nitrogen and oxygen atoms in total. The molecule has 1 saturated heterocycles. The molecule has 0 bridgehead atoms. The summed E-state index contributed by atoms with van der Waals surface area (Å²) in [5.41, 5.74) is 1.26. The third kappa shape index (κ3) is 1.77. The number of nitrogens with one attached hydrogen (secondary N) is 1. The Bertz CT molecular complexity index is 323. The number of amides is 1. The lowest BCUT2D eigenvalue weighted by atomic mass is 10.1. The molecule has 1 aliphatic heterocycles. The molecule has 0 aliphatic carbocycles. The van der Waals surface area contributed by atoms with E-state index in [0.29, 0.717) is 6.54 Å². The number of nitrogens with zero attached hydrogens (tertiary/aromatic N) is 1. The van der Waals surface area contributed by atoms with Crippen LogP contribution >= 0.6 is 0 Å². The molecule has 74 valence electrons. The number of likely N-dealkylation sites (N-methyl/N-ethyl adjacent to an activating group) is 1. The Morgan fingerprint density at radius 3 is 2.71 bits per heavy atom. The lowest BCUT2D eigenvalue weighted by molar-refractivity contribution is -0.126. The third-order valence-corrected chi connectivity index (χ3v) is 2.62. The fourth-order valence-electron chi connectivity index (χ4n) is 1.69. The van der Waals surface area contributed by atoms with Gasteiger partial charge < -0.3 is 4.90 Å². The Hall–Kier alpha value is -1.35. The van der Waals surface area contributed by atoms with E-state index >= 15 is 0 Å². The van der Waals surface area contributed by atoms with Gasteiger partial charge in [0, 0.05) is 13.5 Å². The summed E-state index contributed by atoms with van der Waals surface area (Å²) >= 11 is 0. The molecule has 0 spiro atoms. The second kappa shape index (κ2) is 3.80. The average molecular weight is 190 g/mol. The van der Waals surface area contributed by atoms with E-state index in [1.165, 1.54) is 5.56 Å². The average Bonchev–Trinajstić information content (AvgIpc) is 2.52. The molecule has 1 amide bonds. The Morgan fingerprint density at radius 1 is 1.43 bits per heavy atom. The van der Waals surface area contributed by atoms with Crippen molar-refractivity contribution in [2.24, 2.45) is 0 Å². The molecule has 1 fully saturated rings. The monoisotopic (exact) mass is 190 g/mol. The summed E-state index contributed by atoms with van der Waals surface area (Å²) in [7, 11) is 1.84. The molecule has 0 radical (unpaired) electrons. The van der Waals surface area contributed by atoms with Crippen molar-refractivity contribution < 1.29 is 4.79 Å². The molecular weight excluding hydrogens is 176 g/mol. The Morgan fingerprint density at radius 2 is 2.14 bits per heavy atom. The van der Waals surface area contributed by atoms with Gasteiger partial charge in [-0.25, -0.2) is 0 Å². The Balaban J connectivity index is 2.02. The molecule has 0 saturated carbocycles. The van der Waals surface area contributed by atoms with E-state index < -0.39 is 0 Å². The molecule has 0 aromatic heterocycles. The summed E-state index contributed by atoms with van der Waals surface area (Å²) in [5, 5.41) is 3.18. The zero-order chi connectivity index (χ0) is 9.97. The second-order valence-electron chi connectivity index (χ2n) is 3.59. The van der Waals surface area contributed by atoms with Crippen molar-refractivity contribution in [3.05, 3.63) is 35.9 Å². The predicted octanol–water partition coefficient (Wildman–Crippen LogP) is 0.617. The normalized spacial score (nSPS) is 21.6. The summed E-state index contributed by atoms with van der Waals surface area (Å²) in [6.45, 7) is 0.466. The number of rotatable bonds is 2. The van der Waals surface area contributed by atoms with Crippen molar-refractivity contribution in [2.45, 2.75) is 12.6 Å². The minimum Gasteiger partial charge on any atom is -0.329 e. The van der Waals surface area contributed by atoms with E-state index in [0.717, 1.165) is 6.42 Å². The van der Waals surface area contributed by atoms with Crippen molar-refractivity contribution in [1.29, 1.82) is 0 Å². The first-order chi connectivity index (χ1) is 6.77. The van der Waals surface area contributed by atoms with Crippen LogP contribution in [0.5, 0.6) is 0 Å². The topological polar surface area (TPSA) is 32.3 Å². The van der Waals surface area contributed by atoms with Crippen molar-refractivity contribution >= 4 is 5.91 Å². The van der Waals surface area contributed by atoms with Gasteiger partial charge in [-0.15, -0.1) is 0 Å². The van der Waals surface area contributed by atoms with Gasteiger partial charge in [0.05, 0.1) is 12.7 Å². The first-order valence-corrected chi connectivity index (χ1v) is 4.80. The van der Waals surface area contributed by atoms with Crippen molar-refractivity contribution in [3.63, 3.8) is 0 Å². The molecular formula is C11H14N2O. The van der Waals surface area contributed by atoms with Crippen LogP contribution in [0.4, 0.5) is 0 Å². The van der Waals surface area contributed by atoms with E-state index in [2.05, 4.69) is 17.4 Å². The highest BCUT2D eigenvalue weighted by molar-refractivity contribution is 5.80. The number of hydrogen-bond donors (Lipinski definition) is 1. The predicted molar refractivity (Wildman–Crippen MR) is 54.7 cm³/mol. The van der Waals surface area contributed by atoms with E-state index in [9.17, 15) is 4.79 Å². The van der Waals surface area contributed by atoms with Crippen LogP contribution < -0.4 is 5.32 Å². The van der Waals surface area contributed by atoms with Gasteiger partial charge in [0.1, 0.15) is 0 Å². The van der Waals surface area contributed by atoms with Crippen molar-refractivity contribution in [1.82, 2.24) is 10.2 Å². The van der Waals surface area contributed by atoms with Gasteiger partial charge in [-0.1, -0.05) is 30.3 Å². The summed E-state index contributed by atoms with van der Waals surface area (Å²) in [6, 6.07) is 10.2. The van der Waals surface area contributed by atoms with Gasteiger partial charge in [-0.05, 0) is 5.56 Å². The fraction of sp³-hybridized carbons (Fsp3) is 0.364. The van der Waals surface area contributed by atoms with E-state index in [-0.39, 0.29) is 12.1 Å². The molecule has 3 heteroatoms. The van der Waals surface area contributed by atoms with Gasteiger partial charge in [-0.3, -0.25) is 10.1 Å². The van der Waals surface area contributed by atoms with Gasteiger partial charge in [0.15, 0.2) is 0 Å². The van der Waals surface area contributed by atoms with E-state index in [4.69, 9.17) is 0 Å². The smallest absolute Gasteiger partial charge is 0.237 e. The van der Waals surface area contributed by atoms with Crippen LogP contribution in [-0.4, -0.2) is 30.6 Å². The van der Waals surface area contributed by atoms with Gasteiger partial charge in [0.25, 0.3) is 0 Å². The Labute approximate surface area is 83.7 Å². The fourth-order valence-corrected chi connectivity index (χ4v) is 1.69. The highest BCUT2D eigenvalue weighted by Gasteiger charge is 2.26. The minimum absolute atomic E-state index is 0.157. The van der Waals surface area contributed by atoms with Gasteiger partial charge in [-0.2, -0.15) is 0 Å². The molecule has 1 heterocycles. The highest BCUT2D eigenvalue weighted by atomic mass is 16.2. The lowest BCUT2D eigenvalue weighted by Crippen LogP contribution is -2.35. The molecule has 1 atom stereocenters. The first-order valence-electron chi connectivity index (χ1n) is 4.80. The maximum Gasteiger partial charge on any atom is 0.237 e. The zero-order valence-corrected chi connectivity index (χ0v) is 8.23. The molecule has 14 heavy (non-hydrogen) atoms. The highest BCUT2D eigenvalue weighted by Crippen LogP contribution is 2.09. The van der Waals surface area contributed by atoms with Crippen LogP contribution in [0, 0.1) is 0 Å². The molecule has 1 N–H and O–H groups in total. The molecule has 1 aromatic carbocycles. The number of hydrogen-bond acceptors (Lipinski definition) is 2. The molecule has 2 rings (SSSR count). The lowest BCUT2D eigenvalue weighted by Gasteiger charge is -2.19. The SMILES string of the molecule is CN1C(=O)CN[C@@H]1Cc1ccccc1. The van der Waals surface area contributed by atoms with Gasteiger partial charge in [0.2, 0.25) is 5.91 Å². The second-order valence-corrected chi connectivity index (χ2v) is 3.59. The minimum atomic E-state index is 0.157. The van der Waals surface area contributed by atoms with Crippen LogP contribution in [0.15, 0.2) is 30.3 Å². The molecule has 0 unspecified atom stereocenters. The standard InChI is InChI=1S/C11H14N2O/c1-13-10(12-8-11(13)14)7-9-5-3-2-4-6-9/h2-6,10,12H,7-8H2,1H3/t10-/m0/s1. The largest absolute Gasteiger partial charge is 0.329 e. The van der Waals surface area contributed by atoms with Crippen molar-refractivity contribution in [2.75, 3.05) is 13.6 Å². The van der Waals surface area contributed by atoms with Crippen LogP contribution in [0.25, 0.3) is 0 Å². The number of carbonyl (C=O) groups excluding carboxylic acids is 1. The Kier molecular flexibility index (Phi) is 2.50. The molecule has 1 aliphatic rings. The van der Waals surface area contributed by atoms with Crippen LogP contribution in [-0.2, 0) is 11.2 Å². The van der Waals surface area contributed by atoms with E-state index in [1.807, 2.05) is 25.2 Å². The van der Waals surface area contributed by atoms with Crippen molar-refractivity contribution in [3.8, 4) is 0 Å². The number of benzene rings is 1. The summed E-state index contributed by atoms with van der Waals surface area (Å²) in [5.74, 6) is 0.172. The van der Waals surface area contributed by atoms with Crippen LogP contribution in [0.1, 0.15) is 5.56 Å². The molecule has 1 aromatic rings. The maximum absolute atomic E-state index is 11.2. The summed E-state index contributed by atoms with van der Waals surface area (Å²) in [4.78, 5) is 13.0. The summed E-state index contributed by atoms with van der Waals surface area (Å²) < 4.78 is 0.